The minimum absolute atomic E-state index is 0.0497. The number of carbonyl (C=O) groups is 1. The number of likely N-dealkylation sites (N-methyl/N-ethyl adjacent to an activating group) is 1. The zero-order chi connectivity index (χ0) is 23.0. The third-order valence-electron chi connectivity index (χ3n) is 4.88. The zero-order valence-corrected chi connectivity index (χ0v) is 16.3. The minimum Gasteiger partial charge on any atom is -0.361 e. The maximum atomic E-state index is 13.0. The van der Waals surface area contributed by atoms with E-state index in [9.17, 15) is 31.1 Å². The van der Waals surface area contributed by atoms with E-state index in [-0.39, 0.29) is 18.1 Å². The van der Waals surface area contributed by atoms with Crippen molar-refractivity contribution in [2.24, 2.45) is 5.73 Å². The third kappa shape index (κ3) is 5.19. The Morgan fingerprint density at radius 1 is 1.03 bits per heavy atom. The Kier molecular flexibility index (Phi) is 6.04. The lowest BCUT2D eigenvalue weighted by molar-refractivity contribution is -0.143. The number of rotatable bonds is 5. The number of hydrogen-bond donors (Lipinski definition) is 2. The van der Waals surface area contributed by atoms with E-state index in [2.05, 4.69) is 4.98 Å². The first kappa shape index (κ1) is 22.7. The third-order valence-corrected chi connectivity index (χ3v) is 4.88. The molecule has 166 valence electrons. The van der Waals surface area contributed by atoms with Gasteiger partial charge in [0.1, 0.15) is 0 Å². The van der Waals surface area contributed by atoms with Crippen molar-refractivity contribution in [3.05, 3.63) is 70.9 Å². The molecule has 0 spiro atoms. The number of halogens is 6. The molecule has 1 atom stereocenters. The number of nitrogens with one attached hydrogen (secondary N) is 1. The van der Waals surface area contributed by atoms with E-state index in [1.807, 2.05) is 24.3 Å². The van der Waals surface area contributed by atoms with E-state index < -0.39 is 42.0 Å². The summed E-state index contributed by atoms with van der Waals surface area (Å²) in [6.45, 7) is -0.451. The van der Waals surface area contributed by atoms with Gasteiger partial charge in [0, 0.05) is 30.7 Å². The first-order valence-corrected chi connectivity index (χ1v) is 9.20. The van der Waals surface area contributed by atoms with Crippen molar-refractivity contribution >= 4 is 16.8 Å². The van der Waals surface area contributed by atoms with Crippen LogP contribution in [0, 0.1) is 0 Å². The quantitative estimate of drug-likeness (QED) is 0.560. The number of fused-ring (bicyclic) bond motifs is 1. The summed E-state index contributed by atoms with van der Waals surface area (Å²) in [6.07, 6.45) is -8.04. The highest BCUT2D eigenvalue weighted by molar-refractivity contribution is 5.86. The van der Waals surface area contributed by atoms with Gasteiger partial charge in [0.15, 0.2) is 0 Å². The van der Waals surface area contributed by atoms with Crippen molar-refractivity contribution in [3.8, 4) is 0 Å². The molecule has 1 heterocycles. The fourth-order valence-corrected chi connectivity index (χ4v) is 3.37. The number of H-pyrrole nitrogens is 1. The molecule has 0 aliphatic rings. The van der Waals surface area contributed by atoms with E-state index in [1.165, 1.54) is 7.05 Å². The van der Waals surface area contributed by atoms with Crippen LogP contribution in [0.25, 0.3) is 10.9 Å². The van der Waals surface area contributed by atoms with Crippen LogP contribution in [-0.2, 0) is 30.1 Å². The Hall–Kier alpha value is -3.01. The highest BCUT2D eigenvalue weighted by atomic mass is 19.4. The van der Waals surface area contributed by atoms with Crippen LogP contribution >= 0.6 is 0 Å². The Morgan fingerprint density at radius 3 is 2.19 bits per heavy atom. The topological polar surface area (TPSA) is 62.1 Å². The van der Waals surface area contributed by atoms with E-state index >= 15 is 0 Å². The van der Waals surface area contributed by atoms with Gasteiger partial charge < -0.3 is 15.6 Å². The fraction of sp³-hybridized carbons (Fsp3) is 0.286. The first-order valence-electron chi connectivity index (χ1n) is 9.20. The van der Waals surface area contributed by atoms with Crippen molar-refractivity contribution in [2.75, 3.05) is 7.05 Å². The van der Waals surface area contributed by atoms with Gasteiger partial charge in [-0.3, -0.25) is 4.79 Å². The standard InChI is InChI=1S/C21H19F6N3O/c1-30(11-12-6-14(20(22,23)24)9-15(7-12)21(25,26)27)19(31)17(28)8-13-10-29-18-5-3-2-4-16(13)18/h2-7,9-10,17,29H,8,11,28H2,1H3. The molecule has 31 heavy (non-hydrogen) atoms. The first-order chi connectivity index (χ1) is 14.4. The zero-order valence-electron chi connectivity index (χ0n) is 16.3. The molecule has 0 radical (unpaired) electrons. The maximum Gasteiger partial charge on any atom is 0.416 e. The molecule has 0 aliphatic carbocycles. The molecule has 4 nitrogen and oxygen atoms in total. The number of nitrogens with zero attached hydrogens (tertiary/aromatic N) is 1. The van der Waals surface area contributed by atoms with E-state index in [4.69, 9.17) is 5.73 Å². The molecule has 10 heteroatoms. The summed E-state index contributed by atoms with van der Waals surface area (Å²) in [4.78, 5) is 16.7. The highest BCUT2D eigenvalue weighted by Gasteiger charge is 2.37. The summed E-state index contributed by atoms with van der Waals surface area (Å²) >= 11 is 0. The number of benzene rings is 2. The number of aromatic nitrogens is 1. The van der Waals surface area contributed by atoms with Crippen LogP contribution in [0.3, 0.4) is 0 Å². The van der Waals surface area contributed by atoms with E-state index in [0.29, 0.717) is 12.1 Å². The molecule has 0 saturated carbocycles. The van der Waals surface area contributed by atoms with Gasteiger partial charge in [-0.2, -0.15) is 26.3 Å². The SMILES string of the molecule is CN(Cc1cc(C(F)(F)F)cc(C(F)(F)F)c1)C(=O)C(N)Cc1c[nH]c2ccccc12. The van der Waals surface area contributed by atoms with Gasteiger partial charge in [0.05, 0.1) is 17.2 Å². The molecule has 0 bridgehead atoms. The average Bonchev–Trinajstić information content (AvgIpc) is 3.08. The fourth-order valence-electron chi connectivity index (χ4n) is 3.37. The number of alkyl halides is 6. The molecule has 1 amide bonds. The Bertz CT molecular complexity index is 1050. The lowest BCUT2D eigenvalue weighted by Gasteiger charge is -2.22. The second kappa shape index (κ2) is 8.26. The maximum absolute atomic E-state index is 13.0. The largest absolute Gasteiger partial charge is 0.416 e. The molecule has 1 unspecified atom stereocenters. The number of para-hydroxylation sites is 1. The van der Waals surface area contributed by atoms with Gasteiger partial charge in [0.25, 0.3) is 0 Å². The molecule has 0 fully saturated rings. The van der Waals surface area contributed by atoms with Crippen molar-refractivity contribution in [3.63, 3.8) is 0 Å². The highest BCUT2D eigenvalue weighted by Crippen LogP contribution is 2.36. The summed E-state index contributed by atoms with van der Waals surface area (Å²) in [5.41, 5.74) is 4.47. The Morgan fingerprint density at radius 2 is 1.61 bits per heavy atom. The smallest absolute Gasteiger partial charge is 0.361 e. The van der Waals surface area contributed by atoms with Crippen molar-refractivity contribution < 1.29 is 31.1 Å². The van der Waals surface area contributed by atoms with Crippen molar-refractivity contribution in [1.29, 1.82) is 0 Å². The Balaban J connectivity index is 1.78. The van der Waals surface area contributed by atoms with E-state index in [0.717, 1.165) is 21.4 Å². The summed E-state index contributed by atoms with van der Waals surface area (Å²) in [7, 11) is 1.28. The van der Waals surface area contributed by atoms with Gasteiger partial charge in [0.2, 0.25) is 5.91 Å². The van der Waals surface area contributed by atoms with Crippen LogP contribution in [0.5, 0.6) is 0 Å². The number of hydrogen-bond acceptors (Lipinski definition) is 2. The van der Waals surface area contributed by atoms with Gasteiger partial charge in [-0.1, -0.05) is 18.2 Å². The van der Waals surface area contributed by atoms with Crippen molar-refractivity contribution in [2.45, 2.75) is 31.4 Å². The van der Waals surface area contributed by atoms with Crippen LogP contribution in [0.1, 0.15) is 22.3 Å². The molecule has 0 aliphatic heterocycles. The predicted molar refractivity (Wildman–Crippen MR) is 103 cm³/mol. The molecule has 3 aromatic rings. The van der Waals surface area contributed by atoms with Crippen molar-refractivity contribution in [1.82, 2.24) is 9.88 Å². The number of amides is 1. The minimum atomic E-state index is -4.95. The summed E-state index contributed by atoms with van der Waals surface area (Å²) in [5, 5.41) is 0.876. The number of aromatic amines is 1. The Labute approximate surface area is 173 Å². The average molecular weight is 443 g/mol. The van der Waals surface area contributed by atoms with Gasteiger partial charge in [-0.05, 0) is 41.8 Å². The second-order valence-electron chi connectivity index (χ2n) is 7.28. The van der Waals surface area contributed by atoms with Gasteiger partial charge >= 0.3 is 12.4 Å². The molecule has 3 N–H and O–H groups in total. The summed E-state index contributed by atoms with van der Waals surface area (Å²) in [5.74, 6) is -0.601. The lowest BCUT2D eigenvalue weighted by Crippen LogP contribution is -2.42. The van der Waals surface area contributed by atoms with Crippen LogP contribution in [0.4, 0.5) is 26.3 Å². The number of nitrogens with two attached hydrogens (primary N) is 1. The molecule has 2 aromatic carbocycles. The predicted octanol–water partition coefficient (Wildman–Crippen LogP) is 4.73. The van der Waals surface area contributed by atoms with Crippen LogP contribution < -0.4 is 5.73 Å². The van der Waals surface area contributed by atoms with E-state index in [1.54, 1.807) is 6.20 Å². The van der Waals surface area contributed by atoms with Crippen LogP contribution in [0.2, 0.25) is 0 Å². The lowest BCUT2D eigenvalue weighted by atomic mass is 10.0. The van der Waals surface area contributed by atoms with Crippen LogP contribution in [0.15, 0.2) is 48.7 Å². The molecule has 3 rings (SSSR count). The molecule has 0 saturated heterocycles. The normalized spacial score (nSPS) is 13.4. The summed E-state index contributed by atoms with van der Waals surface area (Å²) in [6, 6.07) is 7.60. The second-order valence-corrected chi connectivity index (χ2v) is 7.28. The van der Waals surface area contributed by atoms with Gasteiger partial charge in [-0.15, -0.1) is 0 Å². The number of carbonyl (C=O) groups excluding carboxylic acids is 1. The summed E-state index contributed by atoms with van der Waals surface area (Å²) < 4.78 is 78.2. The molecule has 1 aromatic heterocycles. The molecular formula is C21H19F6N3O. The van der Waals surface area contributed by atoms with Crippen LogP contribution in [-0.4, -0.2) is 28.9 Å². The monoisotopic (exact) mass is 443 g/mol. The molecular weight excluding hydrogens is 424 g/mol. The van der Waals surface area contributed by atoms with Gasteiger partial charge in [-0.25, -0.2) is 0 Å².